The highest BCUT2D eigenvalue weighted by atomic mass is 32.2. The summed E-state index contributed by atoms with van der Waals surface area (Å²) in [5.41, 5.74) is 2.22. The van der Waals surface area contributed by atoms with Gasteiger partial charge in [-0.05, 0) is 43.2 Å². The number of amides is 1. The number of aromatic nitrogens is 2. The van der Waals surface area contributed by atoms with Gasteiger partial charge in [0.25, 0.3) is 5.56 Å². The Morgan fingerprint density at radius 1 is 1.11 bits per heavy atom. The summed E-state index contributed by atoms with van der Waals surface area (Å²) in [5, 5.41) is 3.72. The Balaban J connectivity index is 1.42. The molecule has 0 saturated carbocycles. The predicted molar refractivity (Wildman–Crippen MR) is 145 cm³/mol. The van der Waals surface area contributed by atoms with Crippen LogP contribution in [0.25, 0.3) is 10.9 Å². The number of rotatable bonds is 9. The van der Waals surface area contributed by atoms with E-state index in [2.05, 4.69) is 17.1 Å². The van der Waals surface area contributed by atoms with Crippen molar-refractivity contribution >= 4 is 39.9 Å². The van der Waals surface area contributed by atoms with Crippen LogP contribution in [0.1, 0.15) is 33.1 Å². The molecule has 1 saturated heterocycles. The molecule has 0 bridgehead atoms. The second-order valence-corrected chi connectivity index (χ2v) is 10.2. The van der Waals surface area contributed by atoms with Crippen LogP contribution in [0.5, 0.6) is 11.5 Å². The van der Waals surface area contributed by atoms with Crippen molar-refractivity contribution in [2.75, 3.05) is 43.3 Å². The molecule has 0 spiro atoms. The average molecular weight is 525 g/mol. The van der Waals surface area contributed by atoms with Gasteiger partial charge in [0, 0.05) is 37.1 Å². The van der Waals surface area contributed by atoms with Crippen LogP contribution in [0.4, 0.5) is 11.4 Å². The molecule has 9 nitrogen and oxygen atoms in total. The van der Waals surface area contributed by atoms with Crippen LogP contribution in [0.15, 0.2) is 46.3 Å². The maximum Gasteiger partial charge on any atom is 0.262 e. The van der Waals surface area contributed by atoms with Crippen LogP contribution < -0.4 is 25.2 Å². The second kappa shape index (κ2) is 11.4. The fraction of sp³-hybridized carbons (Fsp3) is 0.444. The molecule has 0 unspecified atom stereocenters. The van der Waals surface area contributed by atoms with Gasteiger partial charge in [-0.2, -0.15) is 0 Å². The van der Waals surface area contributed by atoms with Gasteiger partial charge in [0.15, 0.2) is 16.7 Å². The topological polar surface area (TPSA) is 94.9 Å². The molecule has 3 aromatic rings. The molecule has 0 radical (unpaired) electrons. The summed E-state index contributed by atoms with van der Waals surface area (Å²) in [6.45, 7) is 7.75. The second-order valence-electron chi connectivity index (χ2n) is 9.08. The normalized spacial score (nSPS) is 15.7. The summed E-state index contributed by atoms with van der Waals surface area (Å²) in [4.78, 5) is 34.0. The van der Waals surface area contributed by atoms with Gasteiger partial charge in [-0.1, -0.05) is 32.0 Å². The van der Waals surface area contributed by atoms with E-state index < -0.39 is 5.25 Å². The summed E-state index contributed by atoms with van der Waals surface area (Å²) >= 11 is 1.34. The summed E-state index contributed by atoms with van der Waals surface area (Å²) in [7, 11) is 0. The van der Waals surface area contributed by atoms with Crippen LogP contribution in [0, 0.1) is 0 Å². The summed E-state index contributed by atoms with van der Waals surface area (Å²) < 4.78 is 18.0. The highest BCUT2D eigenvalue weighted by molar-refractivity contribution is 8.00. The average Bonchev–Trinajstić information content (AvgIpc) is 3.39. The number of thioether (sulfide) groups is 1. The lowest BCUT2D eigenvalue weighted by Crippen LogP contribution is -2.36. The summed E-state index contributed by atoms with van der Waals surface area (Å²) in [5.74, 6) is 1.13. The van der Waals surface area contributed by atoms with Crippen molar-refractivity contribution in [3.63, 3.8) is 0 Å². The number of carbonyl (C=O) groups excluding carboxylic acids is 1. The minimum atomic E-state index is -0.421. The van der Waals surface area contributed by atoms with Crippen LogP contribution in [0.3, 0.4) is 0 Å². The third kappa shape index (κ3) is 5.55. The molecule has 1 atom stereocenters. The van der Waals surface area contributed by atoms with E-state index in [9.17, 15) is 9.59 Å². The van der Waals surface area contributed by atoms with E-state index in [1.54, 1.807) is 22.8 Å². The van der Waals surface area contributed by atoms with Crippen molar-refractivity contribution in [1.29, 1.82) is 0 Å². The number of fused-ring (bicyclic) bond motifs is 2. The first-order valence-corrected chi connectivity index (χ1v) is 13.7. The molecule has 5 rings (SSSR count). The first-order valence-electron chi connectivity index (χ1n) is 12.8. The van der Waals surface area contributed by atoms with E-state index >= 15 is 0 Å². The highest BCUT2D eigenvalue weighted by Crippen LogP contribution is 2.35. The standard InChI is InChI=1S/C27H32N4O5S/c1-3-5-10-31-26(33)20-16-19(30-11-13-34-14-12-30)7-8-21(20)29-27(31)37-24(4-2)25(32)28-18-6-9-22-23(15-18)36-17-35-22/h6-9,15-16,24H,3-5,10-14,17H2,1-2H3,(H,28,32)/t24-/m1/s1. The Morgan fingerprint density at radius 3 is 2.70 bits per heavy atom. The van der Waals surface area contributed by atoms with Gasteiger partial charge in [0.1, 0.15) is 0 Å². The maximum absolute atomic E-state index is 13.7. The summed E-state index contributed by atoms with van der Waals surface area (Å²) in [6, 6.07) is 11.2. The minimum absolute atomic E-state index is 0.0675. The molecular weight excluding hydrogens is 492 g/mol. The lowest BCUT2D eigenvalue weighted by Gasteiger charge is -2.29. The molecule has 1 N–H and O–H groups in total. The number of nitrogens with zero attached hydrogens (tertiary/aromatic N) is 3. The van der Waals surface area contributed by atoms with Gasteiger partial charge < -0.3 is 24.4 Å². The Morgan fingerprint density at radius 2 is 1.92 bits per heavy atom. The quantitative estimate of drug-likeness (QED) is 0.328. The molecular formula is C27H32N4O5S. The number of morpholine rings is 1. The van der Waals surface area contributed by atoms with Gasteiger partial charge >= 0.3 is 0 Å². The number of ether oxygens (including phenoxy) is 3. The largest absolute Gasteiger partial charge is 0.454 e. The SMILES string of the molecule is CCCCn1c(S[C@H](CC)C(=O)Nc2ccc3c(c2)OCO3)nc2ccc(N3CCOCC3)cc2c1=O. The third-order valence-electron chi connectivity index (χ3n) is 6.57. The fourth-order valence-electron chi connectivity index (χ4n) is 4.46. The Bertz CT molecular complexity index is 1340. The number of benzene rings is 2. The Hall–Kier alpha value is -3.24. The molecule has 1 fully saturated rings. The van der Waals surface area contributed by atoms with E-state index in [4.69, 9.17) is 19.2 Å². The number of carbonyl (C=O) groups is 1. The molecule has 2 aliphatic rings. The van der Waals surface area contributed by atoms with E-state index in [-0.39, 0.29) is 18.3 Å². The number of hydrogen-bond donors (Lipinski definition) is 1. The fourth-order valence-corrected chi connectivity index (χ4v) is 5.50. The molecule has 2 aromatic carbocycles. The van der Waals surface area contributed by atoms with Crippen molar-refractivity contribution in [2.24, 2.45) is 0 Å². The number of hydrogen-bond acceptors (Lipinski definition) is 8. The van der Waals surface area contributed by atoms with Gasteiger partial charge in [-0.15, -0.1) is 0 Å². The Kier molecular flexibility index (Phi) is 7.85. The first-order chi connectivity index (χ1) is 18.1. The molecule has 1 amide bonds. The lowest BCUT2D eigenvalue weighted by molar-refractivity contribution is -0.115. The molecule has 1 aromatic heterocycles. The predicted octanol–water partition coefficient (Wildman–Crippen LogP) is 4.27. The van der Waals surface area contributed by atoms with Crippen molar-refractivity contribution in [1.82, 2.24) is 9.55 Å². The molecule has 2 aliphatic heterocycles. The monoisotopic (exact) mass is 524 g/mol. The van der Waals surface area contributed by atoms with Crippen LogP contribution >= 0.6 is 11.8 Å². The van der Waals surface area contributed by atoms with Gasteiger partial charge in [-0.25, -0.2) is 4.98 Å². The van der Waals surface area contributed by atoms with Crippen LogP contribution in [-0.4, -0.2) is 53.8 Å². The number of anilines is 2. The third-order valence-corrected chi connectivity index (χ3v) is 7.92. The molecule has 196 valence electrons. The molecule has 37 heavy (non-hydrogen) atoms. The van der Waals surface area contributed by atoms with Crippen molar-refractivity contribution in [2.45, 2.75) is 50.1 Å². The van der Waals surface area contributed by atoms with Gasteiger partial charge in [0.05, 0.1) is 29.4 Å². The van der Waals surface area contributed by atoms with E-state index in [1.807, 2.05) is 25.1 Å². The highest BCUT2D eigenvalue weighted by Gasteiger charge is 2.23. The van der Waals surface area contributed by atoms with Crippen molar-refractivity contribution in [3.8, 4) is 11.5 Å². The van der Waals surface area contributed by atoms with Gasteiger partial charge in [0.2, 0.25) is 12.7 Å². The number of unbranched alkanes of at least 4 members (excludes halogenated alkanes) is 1. The van der Waals surface area contributed by atoms with E-state index in [1.165, 1.54) is 11.8 Å². The Labute approximate surface area is 220 Å². The zero-order valence-corrected chi connectivity index (χ0v) is 22.0. The van der Waals surface area contributed by atoms with Crippen molar-refractivity contribution in [3.05, 3.63) is 46.8 Å². The maximum atomic E-state index is 13.7. The molecule has 0 aliphatic carbocycles. The number of nitrogens with one attached hydrogen (secondary N) is 1. The smallest absolute Gasteiger partial charge is 0.262 e. The van der Waals surface area contributed by atoms with Crippen molar-refractivity contribution < 1.29 is 19.0 Å². The van der Waals surface area contributed by atoms with Crippen LogP contribution in [0.2, 0.25) is 0 Å². The molecule has 3 heterocycles. The van der Waals surface area contributed by atoms with E-state index in [0.29, 0.717) is 59.4 Å². The zero-order chi connectivity index (χ0) is 25.8. The first kappa shape index (κ1) is 25.4. The lowest BCUT2D eigenvalue weighted by atomic mass is 10.2. The minimum Gasteiger partial charge on any atom is -0.454 e. The molecule has 10 heteroatoms. The van der Waals surface area contributed by atoms with Gasteiger partial charge in [-0.3, -0.25) is 14.2 Å². The van der Waals surface area contributed by atoms with E-state index in [0.717, 1.165) is 31.6 Å². The van der Waals surface area contributed by atoms with Crippen LogP contribution in [-0.2, 0) is 16.1 Å². The summed E-state index contributed by atoms with van der Waals surface area (Å²) in [6.07, 6.45) is 2.38. The zero-order valence-electron chi connectivity index (χ0n) is 21.2.